The van der Waals surface area contributed by atoms with Gasteiger partial charge < -0.3 is 14.8 Å². The minimum absolute atomic E-state index is 0.000555. The van der Waals surface area contributed by atoms with Gasteiger partial charge in [0, 0.05) is 23.6 Å². The standard InChI is InChI=1S/C25H30N4O5S/c1-3-4-5-6-7-18-34-21-12-8-19(9-13-21)24(30)28-20-10-14-22(15-11-20)35(31,32)29-23-25(33-2)27-17-16-26-23/h8-17H,3-7,18H2,1-2H3,(H,26,29)(H,28,30). The summed E-state index contributed by atoms with van der Waals surface area (Å²) >= 11 is 0. The Kier molecular flexibility index (Phi) is 9.42. The molecule has 0 aliphatic heterocycles. The fourth-order valence-corrected chi connectivity index (χ4v) is 4.26. The Morgan fingerprint density at radius 3 is 2.29 bits per heavy atom. The second-order valence-corrected chi connectivity index (χ2v) is 9.47. The summed E-state index contributed by atoms with van der Waals surface area (Å²) in [6.07, 6.45) is 8.59. The van der Waals surface area contributed by atoms with Crippen LogP contribution in [-0.2, 0) is 10.0 Å². The molecule has 0 spiro atoms. The lowest BCUT2D eigenvalue weighted by atomic mass is 10.1. The van der Waals surface area contributed by atoms with Crippen molar-refractivity contribution in [3.8, 4) is 11.6 Å². The first-order valence-corrected chi connectivity index (χ1v) is 12.9. The van der Waals surface area contributed by atoms with Gasteiger partial charge in [-0.3, -0.25) is 9.52 Å². The largest absolute Gasteiger partial charge is 0.494 e. The molecule has 0 atom stereocenters. The molecular weight excluding hydrogens is 468 g/mol. The maximum absolute atomic E-state index is 12.7. The molecule has 2 aromatic carbocycles. The van der Waals surface area contributed by atoms with E-state index < -0.39 is 10.0 Å². The Morgan fingerprint density at radius 2 is 1.60 bits per heavy atom. The van der Waals surface area contributed by atoms with Crippen molar-refractivity contribution in [1.82, 2.24) is 9.97 Å². The highest BCUT2D eigenvalue weighted by Crippen LogP contribution is 2.22. The SMILES string of the molecule is CCCCCCCOc1ccc(C(=O)Nc2ccc(S(=O)(=O)Nc3nccnc3OC)cc2)cc1. The fourth-order valence-electron chi connectivity index (χ4n) is 3.25. The van der Waals surface area contributed by atoms with Crippen LogP contribution >= 0.6 is 0 Å². The summed E-state index contributed by atoms with van der Waals surface area (Å²) in [5.74, 6) is 0.452. The third-order valence-electron chi connectivity index (χ3n) is 5.14. The van der Waals surface area contributed by atoms with Crippen LogP contribution in [0.5, 0.6) is 11.6 Å². The van der Waals surface area contributed by atoms with Crippen LogP contribution in [0.1, 0.15) is 49.4 Å². The number of amides is 1. The van der Waals surface area contributed by atoms with Crippen molar-refractivity contribution in [1.29, 1.82) is 0 Å². The maximum atomic E-state index is 12.7. The molecule has 3 rings (SSSR count). The number of nitrogens with zero attached hydrogens (tertiary/aromatic N) is 2. The summed E-state index contributed by atoms with van der Waals surface area (Å²) in [5.41, 5.74) is 0.923. The van der Waals surface area contributed by atoms with E-state index in [0.29, 0.717) is 17.9 Å². The van der Waals surface area contributed by atoms with Crippen molar-refractivity contribution in [2.45, 2.75) is 43.9 Å². The Labute approximate surface area is 206 Å². The van der Waals surface area contributed by atoms with Crippen molar-refractivity contribution in [3.63, 3.8) is 0 Å². The minimum Gasteiger partial charge on any atom is -0.494 e. The first kappa shape index (κ1) is 26.0. The van der Waals surface area contributed by atoms with Crippen molar-refractivity contribution in [2.24, 2.45) is 0 Å². The molecule has 1 amide bonds. The van der Waals surface area contributed by atoms with E-state index in [1.165, 1.54) is 63.0 Å². The summed E-state index contributed by atoms with van der Waals surface area (Å²) in [4.78, 5) is 20.4. The molecule has 0 saturated carbocycles. The fraction of sp³-hybridized carbons (Fsp3) is 0.320. The van der Waals surface area contributed by atoms with E-state index in [-0.39, 0.29) is 22.5 Å². The van der Waals surface area contributed by atoms with Gasteiger partial charge in [0.2, 0.25) is 5.82 Å². The lowest BCUT2D eigenvalue weighted by Gasteiger charge is -2.11. The molecule has 0 fully saturated rings. The van der Waals surface area contributed by atoms with Crippen molar-refractivity contribution >= 4 is 27.4 Å². The molecule has 9 nitrogen and oxygen atoms in total. The molecule has 1 heterocycles. The zero-order chi connectivity index (χ0) is 25.1. The number of benzene rings is 2. The van der Waals surface area contributed by atoms with Gasteiger partial charge >= 0.3 is 0 Å². The van der Waals surface area contributed by atoms with Crippen LogP contribution in [-0.4, -0.2) is 38.0 Å². The van der Waals surface area contributed by atoms with Crippen LogP contribution in [0.4, 0.5) is 11.5 Å². The van der Waals surface area contributed by atoms with E-state index in [1.54, 1.807) is 24.3 Å². The van der Waals surface area contributed by atoms with Crippen molar-refractivity contribution < 1.29 is 22.7 Å². The van der Waals surface area contributed by atoms with Gasteiger partial charge in [-0.05, 0) is 55.0 Å². The molecule has 0 aliphatic carbocycles. The average Bonchev–Trinajstić information content (AvgIpc) is 2.87. The number of rotatable bonds is 13. The van der Waals surface area contributed by atoms with Crippen LogP contribution in [0.25, 0.3) is 0 Å². The van der Waals surface area contributed by atoms with Crippen LogP contribution in [0.3, 0.4) is 0 Å². The number of ether oxygens (including phenoxy) is 2. The highest BCUT2D eigenvalue weighted by molar-refractivity contribution is 7.92. The zero-order valence-electron chi connectivity index (χ0n) is 19.9. The molecule has 1 aromatic heterocycles. The summed E-state index contributed by atoms with van der Waals surface area (Å²) in [6.45, 7) is 2.84. The summed E-state index contributed by atoms with van der Waals surface area (Å²) in [6, 6.07) is 12.7. The Morgan fingerprint density at radius 1 is 0.914 bits per heavy atom. The summed E-state index contributed by atoms with van der Waals surface area (Å²) < 4.78 is 38.4. The molecule has 0 saturated heterocycles. The second kappa shape index (κ2) is 12.7. The molecule has 35 heavy (non-hydrogen) atoms. The summed E-state index contributed by atoms with van der Waals surface area (Å²) in [5, 5.41) is 2.76. The number of carbonyl (C=O) groups is 1. The van der Waals surface area contributed by atoms with Crippen LogP contribution < -0.4 is 19.5 Å². The number of anilines is 2. The first-order chi connectivity index (χ1) is 16.9. The Bertz CT molecular complexity index is 1200. The number of sulfonamides is 1. The van der Waals surface area contributed by atoms with Gasteiger partial charge in [-0.15, -0.1) is 0 Å². The molecule has 186 valence electrons. The minimum atomic E-state index is -3.92. The number of hydrogen-bond donors (Lipinski definition) is 2. The third kappa shape index (κ3) is 7.68. The van der Waals surface area contributed by atoms with Gasteiger partial charge in [-0.2, -0.15) is 0 Å². The predicted molar refractivity (Wildman–Crippen MR) is 134 cm³/mol. The van der Waals surface area contributed by atoms with E-state index in [9.17, 15) is 13.2 Å². The van der Waals surface area contributed by atoms with Gasteiger partial charge in [0.05, 0.1) is 18.6 Å². The highest BCUT2D eigenvalue weighted by atomic mass is 32.2. The second-order valence-electron chi connectivity index (χ2n) is 7.79. The molecule has 3 aromatic rings. The van der Waals surface area contributed by atoms with E-state index in [4.69, 9.17) is 9.47 Å². The highest BCUT2D eigenvalue weighted by Gasteiger charge is 2.18. The molecule has 2 N–H and O–H groups in total. The smallest absolute Gasteiger partial charge is 0.263 e. The molecule has 0 unspecified atom stereocenters. The van der Waals surface area contributed by atoms with E-state index in [1.807, 2.05) is 0 Å². The van der Waals surface area contributed by atoms with E-state index >= 15 is 0 Å². The van der Waals surface area contributed by atoms with Gasteiger partial charge in [-0.25, -0.2) is 18.4 Å². The van der Waals surface area contributed by atoms with Gasteiger partial charge in [0.25, 0.3) is 21.8 Å². The van der Waals surface area contributed by atoms with Crippen molar-refractivity contribution in [3.05, 3.63) is 66.5 Å². The third-order valence-corrected chi connectivity index (χ3v) is 6.50. The van der Waals surface area contributed by atoms with E-state index in [0.717, 1.165) is 18.6 Å². The van der Waals surface area contributed by atoms with Gasteiger partial charge in [0.1, 0.15) is 5.75 Å². The molecule has 0 aliphatic rings. The number of hydrogen-bond acceptors (Lipinski definition) is 7. The average molecular weight is 499 g/mol. The van der Waals surface area contributed by atoms with Crippen LogP contribution in [0.2, 0.25) is 0 Å². The predicted octanol–water partition coefficient (Wildman–Crippen LogP) is 4.89. The zero-order valence-corrected chi connectivity index (χ0v) is 20.7. The summed E-state index contributed by atoms with van der Waals surface area (Å²) in [7, 11) is -2.55. The monoisotopic (exact) mass is 498 g/mol. The van der Waals surface area contributed by atoms with Crippen molar-refractivity contribution in [2.75, 3.05) is 23.8 Å². The molecular formula is C25H30N4O5S. The Balaban J connectivity index is 1.55. The quantitative estimate of drug-likeness (QED) is 0.322. The molecule has 0 radical (unpaired) electrons. The van der Waals surface area contributed by atoms with E-state index in [2.05, 4.69) is 26.9 Å². The first-order valence-electron chi connectivity index (χ1n) is 11.4. The number of unbranched alkanes of at least 4 members (excludes halogenated alkanes) is 4. The number of methoxy groups -OCH3 is 1. The normalized spacial score (nSPS) is 11.0. The number of nitrogens with one attached hydrogen (secondary N) is 2. The topological polar surface area (TPSA) is 120 Å². The van der Waals surface area contributed by atoms with Crippen LogP contribution in [0.15, 0.2) is 65.8 Å². The molecule has 0 bridgehead atoms. The molecule has 10 heteroatoms. The van der Waals surface area contributed by atoms with Gasteiger partial charge in [0.15, 0.2) is 0 Å². The van der Waals surface area contributed by atoms with Gasteiger partial charge in [-0.1, -0.05) is 32.6 Å². The number of aromatic nitrogens is 2. The Hall–Kier alpha value is -3.66. The maximum Gasteiger partial charge on any atom is 0.263 e. The lowest BCUT2D eigenvalue weighted by molar-refractivity contribution is 0.102. The number of carbonyl (C=O) groups excluding carboxylic acids is 1. The van der Waals surface area contributed by atoms with Crippen LogP contribution in [0, 0.1) is 0 Å². The lowest BCUT2D eigenvalue weighted by Crippen LogP contribution is -2.15.